The lowest BCUT2D eigenvalue weighted by Crippen LogP contribution is -2.42. The molecule has 1 aliphatic rings. The Morgan fingerprint density at radius 2 is 2.04 bits per heavy atom. The van der Waals surface area contributed by atoms with Crippen molar-refractivity contribution in [3.05, 3.63) is 29.3 Å². The molecule has 2 aromatic rings. The van der Waals surface area contributed by atoms with Crippen LogP contribution in [-0.2, 0) is 11.3 Å². The van der Waals surface area contributed by atoms with Gasteiger partial charge in [-0.2, -0.15) is 0 Å². The van der Waals surface area contributed by atoms with Crippen molar-refractivity contribution in [3.63, 3.8) is 0 Å². The second kappa shape index (κ2) is 9.60. The molecule has 3 rings (SSSR count). The van der Waals surface area contributed by atoms with Gasteiger partial charge in [-0.3, -0.25) is 4.79 Å². The smallest absolute Gasteiger partial charge is 0.233 e. The Balaban J connectivity index is 1.69. The van der Waals surface area contributed by atoms with E-state index < -0.39 is 0 Å². The summed E-state index contributed by atoms with van der Waals surface area (Å²) in [5.41, 5.74) is 0.937. The van der Waals surface area contributed by atoms with Crippen molar-refractivity contribution in [3.8, 4) is 11.4 Å². The second-order valence-corrected chi connectivity index (χ2v) is 8.20. The fraction of sp³-hybridized carbons (Fsp3) is 0.550. The monoisotopic (exact) mass is 406 g/mol. The average Bonchev–Trinajstić information content (AvgIpc) is 3.11. The number of benzene rings is 1. The molecule has 1 heterocycles. The Kier molecular flexibility index (Phi) is 7.19. The minimum absolute atomic E-state index is 0.198. The van der Waals surface area contributed by atoms with Gasteiger partial charge in [0, 0.05) is 29.7 Å². The first-order valence-electron chi connectivity index (χ1n) is 9.75. The van der Waals surface area contributed by atoms with Crippen molar-refractivity contribution >= 4 is 29.3 Å². The minimum Gasteiger partial charge on any atom is -0.339 e. The van der Waals surface area contributed by atoms with Crippen molar-refractivity contribution in [1.82, 2.24) is 19.7 Å². The molecule has 0 radical (unpaired) electrons. The zero-order chi connectivity index (χ0) is 19.2. The molecule has 1 aliphatic carbocycles. The maximum absolute atomic E-state index is 12.8. The van der Waals surface area contributed by atoms with Crippen LogP contribution in [0.25, 0.3) is 11.4 Å². The highest BCUT2D eigenvalue weighted by Crippen LogP contribution is 2.27. The Morgan fingerprint density at radius 3 is 2.70 bits per heavy atom. The van der Waals surface area contributed by atoms with Gasteiger partial charge in [-0.15, -0.1) is 10.2 Å². The van der Waals surface area contributed by atoms with E-state index in [1.54, 1.807) is 0 Å². The van der Waals surface area contributed by atoms with Crippen molar-refractivity contribution in [1.29, 1.82) is 0 Å². The number of nitrogens with zero attached hydrogens (tertiary/aromatic N) is 4. The Morgan fingerprint density at radius 1 is 1.26 bits per heavy atom. The first-order valence-corrected chi connectivity index (χ1v) is 11.1. The minimum atomic E-state index is 0.198. The van der Waals surface area contributed by atoms with Gasteiger partial charge < -0.3 is 9.47 Å². The molecule has 1 amide bonds. The largest absolute Gasteiger partial charge is 0.339 e. The van der Waals surface area contributed by atoms with E-state index in [1.807, 2.05) is 28.8 Å². The highest BCUT2D eigenvalue weighted by molar-refractivity contribution is 7.99. The van der Waals surface area contributed by atoms with Crippen LogP contribution in [0.1, 0.15) is 46.0 Å². The third-order valence-corrected chi connectivity index (χ3v) is 6.30. The van der Waals surface area contributed by atoms with E-state index in [-0.39, 0.29) is 5.91 Å². The van der Waals surface area contributed by atoms with Crippen LogP contribution >= 0.6 is 23.4 Å². The normalized spacial score (nSPS) is 15.1. The van der Waals surface area contributed by atoms with Gasteiger partial charge in [-0.1, -0.05) is 54.8 Å². The van der Waals surface area contributed by atoms with E-state index in [0.717, 1.165) is 42.5 Å². The maximum Gasteiger partial charge on any atom is 0.233 e. The summed E-state index contributed by atoms with van der Waals surface area (Å²) in [6, 6.07) is 8.02. The summed E-state index contributed by atoms with van der Waals surface area (Å²) in [4.78, 5) is 14.9. The van der Waals surface area contributed by atoms with E-state index in [4.69, 9.17) is 11.6 Å². The van der Waals surface area contributed by atoms with Crippen LogP contribution in [0.5, 0.6) is 0 Å². The molecule has 146 valence electrons. The lowest BCUT2D eigenvalue weighted by atomic mass is 9.94. The molecule has 1 fully saturated rings. The standard InChI is InChI=1S/C20H27ClN4OS/c1-3-24(17-11-6-5-7-12-17)18(26)14-27-20-23-22-19(25(20)4-2)15-9-8-10-16(21)13-15/h8-10,13,17H,3-7,11-12,14H2,1-2H3. The van der Waals surface area contributed by atoms with Gasteiger partial charge in [0.1, 0.15) is 0 Å². The van der Waals surface area contributed by atoms with E-state index in [9.17, 15) is 4.79 Å². The topological polar surface area (TPSA) is 51.0 Å². The molecule has 1 aromatic carbocycles. The Labute approximate surface area is 170 Å². The SMILES string of the molecule is CCN(C(=O)CSc1nnc(-c2cccc(Cl)c2)n1CC)C1CCCCC1. The first-order chi connectivity index (χ1) is 13.1. The zero-order valence-electron chi connectivity index (χ0n) is 16.0. The lowest BCUT2D eigenvalue weighted by Gasteiger charge is -2.33. The molecule has 0 unspecified atom stereocenters. The van der Waals surface area contributed by atoms with E-state index in [0.29, 0.717) is 16.8 Å². The summed E-state index contributed by atoms with van der Waals surface area (Å²) in [5.74, 6) is 1.39. The van der Waals surface area contributed by atoms with Gasteiger partial charge in [-0.25, -0.2) is 0 Å². The van der Waals surface area contributed by atoms with Crippen molar-refractivity contribution in [2.24, 2.45) is 0 Å². The molecule has 0 aliphatic heterocycles. The number of hydrogen-bond donors (Lipinski definition) is 0. The number of carbonyl (C=O) groups excluding carboxylic acids is 1. The number of aromatic nitrogens is 3. The number of halogens is 1. The molecule has 7 heteroatoms. The summed E-state index contributed by atoms with van der Waals surface area (Å²) in [6.45, 7) is 5.65. The molecule has 0 spiro atoms. The van der Waals surface area contributed by atoms with Crippen LogP contribution in [0.15, 0.2) is 29.4 Å². The summed E-state index contributed by atoms with van der Waals surface area (Å²) >= 11 is 7.58. The van der Waals surface area contributed by atoms with Gasteiger partial charge in [0.25, 0.3) is 0 Å². The molecule has 0 saturated heterocycles. The zero-order valence-corrected chi connectivity index (χ0v) is 17.6. The highest BCUT2D eigenvalue weighted by atomic mass is 35.5. The van der Waals surface area contributed by atoms with Crippen molar-refractivity contribution in [2.45, 2.75) is 63.7 Å². The second-order valence-electron chi connectivity index (χ2n) is 6.82. The van der Waals surface area contributed by atoms with Gasteiger partial charge in [0.05, 0.1) is 5.75 Å². The van der Waals surface area contributed by atoms with Crippen molar-refractivity contribution in [2.75, 3.05) is 12.3 Å². The number of hydrogen-bond acceptors (Lipinski definition) is 4. The molecular formula is C20H27ClN4OS. The molecule has 27 heavy (non-hydrogen) atoms. The summed E-state index contributed by atoms with van der Waals surface area (Å²) in [6.07, 6.45) is 6.02. The summed E-state index contributed by atoms with van der Waals surface area (Å²) in [5, 5.41) is 10.1. The Bertz CT molecular complexity index is 773. The van der Waals surface area contributed by atoms with E-state index >= 15 is 0 Å². The number of carbonyl (C=O) groups is 1. The molecule has 0 atom stereocenters. The third-order valence-electron chi connectivity index (χ3n) is 5.12. The number of thioether (sulfide) groups is 1. The lowest BCUT2D eigenvalue weighted by molar-refractivity contribution is -0.131. The van der Waals surface area contributed by atoms with Crippen LogP contribution in [0.2, 0.25) is 5.02 Å². The molecule has 5 nitrogen and oxygen atoms in total. The number of rotatable bonds is 7. The van der Waals surface area contributed by atoms with Gasteiger partial charge >= 0.3 is 0 Å². The van der Waals surface area contributed by atoms with Gasteiger partial charge in [-0.05, 0) is 38.8 Å². The predicted octanol–water partition coefficient (Wildman–Crippen LogP) is 4.89. The van der Waals surface area contributed by atoms with Gasteiger partial charge in [0.2, 0.25) is 5.91 Å². The molecule has 1 saturated carbocycles. The number of amides is 1. The molecule has 0 N–H and O–H groups in total. The molecule has 0 bridgehead atoms. The fourth-order valence-corrected chi connectivity index (χ4v) is 4.84. The van der Waals surface area contributed by atoms with Crippen molar-refractivity contribution < 1.29 is 4.79 Å². The molecular weight excluding hydrogens is 380 g/mol. The maximum atomic E-state index is 12.8. The van der Waals surface area contributed by atoms with Crippen LogP contribution < -0.4 is 0 Å². The third kappa shape index (κ3) is 4.85. The first kappa shape index (κ1) is 20.2. The highest BCUT2D eigenvalue weighted by Gasteiger charge is 2.24. The quantitative estimate of drug-likeness (QED) is 0.614. The molecule has 1 aromatic heterocycles. The van der Waals surface area contributed by atoms with Gasteiger partial charge in [0.15, 0.2) is 11.0 Å². The fourth-order valence-electron chi connectivity index (χ4n) is 3.76. The average molecular weight is 407 g/mol. The van der Waals surface area contributed by atoms with Crippen LogP contribution in [0, 0.1) is 0 Å². The van der Waals surface area contributed by atoms with Crippen LogP contribution in [-0.4, -0.2) is 43.9 Å². The van der Waals surface area contributed by atoms with Crippen LogP contribution in [0.4, 0.5) is 0 Å². The summed E-state index contributed by atoms with van der Waals surface area (Å²) < 4.78 is 2.04. The van der Waals surface area contributed by atoms with Crippen LogP contribution in [0.3, 0.4) is 0 Å². The van der Waals surface area contributed by atoms with E-state index in [2.05, 4.69) is 28.9 Å². The Hall–Kier alpha value is -1.53. The predicted molar refractivity (Wildman–Crippen MR) is 111 cm³/mol. The van der Waals surface area contributed by atoms with E-state index in [1.165, 1.54) is 31.0 Å². The summed E-state index contributed by atoms with van der Waals surface area (Å²) in [7, 11) is 0.